The molecule has 1 saturated heterocycles. The molecule has 0 N–H and O–H groups in total. The van der Waals surface area contributed by atoms with Crippen LogP contribution in [0.25, 0.3) is 10.9 Å². The van der Waals surface area contributed by atoms with Crippen LogP contribution in [0.5, 0.6) is 5.19 Å². The summed E-state index contributed by atoms with van der Waals surface area (Å²) in [6.07, 6.45) is 2.53. The molecule has 4 rings (SSSR count). The lowest BCUT2D eigenvalue weighted by Gasteiger charge is -2.16. The van der Waals surface area contributed by atoms with E-state index >= 15 is 0 Å². The summed E-state index contributed by atoms with van der Waals surface area (Å²) < 4.78 is 8.44. The predicted molar refractivity (Wildman–Crippen MR) is 95.5 cm³/mol. The second-order valence-corrected chi connectivity index (χ2v) is 7.48. The number of likely N-dealkylation sites (tertiary alicyclic amines) is 1. The molecule has 0 bridgehead atoms. The molecule has 3 aromatic rings. The lowest BCUT2D eigenvalue weighted by Crippen LogP contribution is -2.32. The Bertz CT molecular complexity index is 893. The van der Waals surface area contributed by atoms with E-state index in [1.807, 2.05) is 28.5 Å². The number of hydrogen-bond acceptors (Lipinski definition) is 5. The molecular weight excluding hydrogens is 392 g/mol. The summed E-state index contributed by atoms with van der Waals surface area (Å²) in [6, 6.07) is 5.78. The van der Waals surface area contributed by atoms with Gasteiger partial charge in [0.2, 0.25) is 0 Å². The van der Waals surface area contributed by atoms with E-state index in [0.29, 0.717) is 24.0 Å². The number of carbonyl (C=O) groups is 1. The van der Waals surface area contributed by atoms with Crippen molar-refractivity contribution in [2.45, 2.75) is 12.5 Å². The SMILES string of the molecule is Cn1nc2cc(Br)ccc2c1C(=O)N1CCC(Oc2nccs2)C1. The van der Waals surface area contributed by atoms with Crippen molar-refractivity contribution < 1.29 is 9.53 Å². The first-order valence-corrected chi connectivity index (χ1v) is 9.27. The zero-order valence-electron chi connectivity index (χ0n) is 13.0. The Hall–Kier alpha value is -1.93. The third-order valence-electron chi connectivity index (χ3n) is 4.11. The number of rotatable bonds is 3. The first kappa shape index (κ1) is 15.6. The quantitative estimate of drug-likeness (QED) is 0.670. The van der Waals surface area contributed by atoms with Gasteiger partial charge in [-0.05, 0) is 18.2 Å². The van der Waals surface area contributed by atoms with Crippen LogP contribution in [0.3, 0.4) is 0 Å². The van der Waals surface area contributed by atoms with Gasteiger partial charge in [-0.3, -0.25) is 9.48 Å². The van der Waals surface area contributed by atoms with E-state index in [2.05, 4.69) is 26.0 Å². The molecular formula is C16H15BrN4O2S. The smallest absolute Gasteiger partial charge is 0.273 e. The largest absolute Gasteiger partial charge is 0.465 e. The van der Waals surface area contributed by atoms with Crippen LogP contribution in [-0.4, -0.2) is 44.8 Å². The minimum absolute atomic E-state index is 0.00580. The molecule has 0 spiro atoms. The highest BCUT2D eigenvalue weighted by atomic mass is 79.9. The average Bonchev–Trinajstić information content (AvgIpc) is 3.26. The van der Waals surface area contributed by atoms with Gasteiger partial charge in [0, 0.05) is 41.4 Å². The summed E-state index contributed by atoms with van der Waals surface area (Å²) >= 11 is 4.91. The standard InChI is InChI=1S/C16H15BrN4O2S/c1-20-14(12-3-2-10(17)8-13(12)19-20)15(22)21-6-4-11(9-21)23-16-18-5-7-24-16/h2-3,5,7-8,11H,4,6,9H2,1H3. The molecule has 24 heavy (non-hydrogen) atoms. The van der Waals surface area contributed by atoms with Gasteiger partial charge in [-0.2, -0.15) is 5.10 Å². The molecule has 6 nitrogen and oxygen atoms in total. The zero-order valence-corrected chi connectivity index (χ0v) is 15.4. The van der Waals surface area contributed by atoms with E-state index in [1.54, 1.807) is 17.9 Å². The highest BCUT2D eigenvalue weighted by molar-refractivity contribution is 9.10. The zero-order chi connectivity index (χ0) is 16.7. The molecule has 1 aromatic carbocycles. The van der Waals surface area contributed by atoms with Crippen molar-refractivity contribution in [3.8, 4) is 5.19 Å². The van der Waals surface area contributed by atoms with Crippen molar-refractivity contribution >= 4 is 44.1 Å². The van der Waals surface area contributed by atoms with Crippen molar-refractivity contribution in [2.24, 2.45) is 7.05 Å². The molecule has 1 amide bonds. The number of hydrogen-bond donors (Lipinski definition) is 0. The number of aromatic nitrogens is 3. The lowest BCUT2D eigenvalue weighted by atomic mass is 10.2. The van der Waals surface area contributed by atoms with Crippen LogP contribution in [0.15, 0.2) is 34.2 Å². The van der Waals surface area contributed by atoms with Crippen molar-refractivity contribution in [1.29, 1.82) is 0 Å². The van der Waals surface area contributed by atoms with E-state index in [9.17, 15) is 4.79 Å². The van der Waals surface area contributed by atoms with E-state index < -0.39 is 0 Å². The van der Waals surface area contributed by atoms with E-state index in [0.717, 1.165) is 21.8 Å². The first-order valence-electron chi connectivity index (χ1n) is 7.59. The molecule has 1 aliphatic rings. The number of carbonyl (C=O) groups excluding carboxylic acids is 1. The molecule has 8 heteroatoms. The molecule has 1 aliphatic heterocycles. The summed E-state index contributed by atoms with van der Waals surface area (Å²) in [7, 11) is 1.81. The maximum atomic E-state index is 13.0. The Morgan fingerprint density at radius 3 is 3.12 bits per heavy atom. The summed E-state index contributed by atoms with van der Waals surface area (Å²) in [5.41, 5.74) is 1.43. The minimum atomic E-state index is -0.00689. The molecule has 0 radical (unpaired) electrons. The number of ether oxygens (including phenoxy) is 1. The summed E-state index contributed by atoms with van der Waals surface area (Å²) in [6.45, 7) is 1.25. The fourth-order valence-electron chi connectivity index (χ4n) is 3.00. The number of aryl methyl sites for hydroxylation is 1. The van der Waals surface area contributed by atoms with Gasteiger partial charge in [0.1, 0.15) is 11.8 Å². The number of thiazole rings is 1. The Morgan fingerprint density at radius 2 is 2.33 bits per heavy atom. The topological polar surface area (TPSA) is 60.2 Å². The van der Waals surface area contributed by atoms with Crippen molar-refractivity contribution in [3.05, 3.63) is 39.9 Å². The van der Waals surface area contributed by atoms with Crippen LogP contribution in [0.4, 0.5) is 0 Å². The Kier molecular flexibility index (Phi) is 4.01. The molecule has 124 valence electrons. The van der Waals surface area contributed by atoms with Gasteiger partial charge >= 0.3 is 0 Å². The van der Waals surface area contributed by atoms with Gasteiger partial charge in [0.15, 0.2) is 0 Å². The molecule has 1 atom stereocenters. The molecule has 0 aliphatic carbocycles. The number of benzene rings is 1. The maximum Gasteiger partial charge on any atom is 0.273 e. The summed E-state index contributed by atoms with van der Waals surface area (Å²) in [5.74, 6) is -0.00689. The van der Waals surface area contributed by atoms with Crippen LogP contribution < -0.4 is 4.74 Å². The van der Waals surface area contributed by atoms with Gasteiger partial charge in [-0.1, -0.05) is 27.3 Å². The van der Waals surface area contributed by atoms with E-state index in [1.165, 1.54) is 11.3 Å². The monoisotopic (exact) mass is 406 g/mol. The highest BCUT2D eigenvalue weighted by Gasteiger charge is 2.31. The third kappa shape index (κ3) is 2.80. The Balaban J connectivity index is 1.55. The number of nitrogens with zero attached hydrogens (tertiary/aromatic N) is 4. The first-order chi connectivity index (χ1) is 11.6. The third-order valence-corrected chi connectivity index (χ3v) is 5.26. The van der Waals surface area contributed by atoms with Gasteiger partial charge in [-0.25, -0.2) is 4.98 Å². The van der Waals surface area contributed by atoms with Gasteiger partial charge in [-0.15, -0.1) is 0 Å². The van der Waals surface area contributed by atoms with Crippen molar-refractivity contribution in [2.75, 3.05) is 13.1 Å². The number of halogens is 1. The second-order valence-electron chi connectivity index (χ2n) is 5.71. The fraction of sp³-hybridized carbons (Fsp3) is 0.312. The second kappa shape index (κ2) is 6.18. The lowest BCUT2D eigenvalue weighted by molar-refractivity contribution is 0.0763. The molecule has 3 heterocycles. The predicted octanol–water partition coefficient (Wildman–Crippen LogP) is 3.09. The van der Waals surface area contributed by atoms with E-state index in [4.69, 9.17) is 4.74 Å². The molecule has 0 saturated carbocycles. The van der Waals surface area contributed by atoms with Crippen LogP contribution in [0.2, 0.25) is 0 Å². The van der Waals surface area contributed by atoms with Crippen LogP contribution in [-0.2, 0) is 7.05 Å². The Morgan fingerprint density at radius 1 is 1.46 bits per heavy atom. The van der Waals surface area contributed by atoms with Gasteiger partial charge in [0.05, 0.1) is 12.1 Å². The summed E-state index contributed by atoms with van der Waals surface area (Å²) in [4.78, 5) is 18.9. The normalized spacial score (nSPS) is 17.6. The maximum absolute atomic E-state index is 13.0. The molecule has 1 fully saturated rings. The number of fused-ring (bicyclic) bond motifs is 1. The molecule has 2 aromatic heterocycles. The minimum Gasteiger partial charge on any atom is -0.465 e. The van der Waals surface area contributed by atoms with Crippen molar-refractivity contribution in [3.63, 3.8) is 0 Å². The van der Waals surface area contributed by atoms with E-state index in [-0.39, 0.29) is 12.0 Å². The average molecular weight is 407 g/mol. The summed E-state index contributed by atoms with van der Waals surface area (Å²) in [5, 5.41) is 7.86. The highest BCUT2D eigenvalue weighted by Crippen LogP contribution is 2.26. The van der Waals surface area contributed by atoms with Crippen LogP contribution in [0, 0.1) is 0 Å². The number of amides is 1. The van der Waals surface area contributed by atoms with Gasteiger partial charge < -0.3 is 9.64 Å². The van der Waals surface area contributed by atoms with Crippen molar-refractivity contribution in [1.82, 2.24) is 19.7 Å². The van der Waals surface area contributed by atoms with Crippen LogP contribution >= 0.6 is 27.3 Å². The van der Waals surface area contributed by atoms with Gasteiger partial charge in [0.25, 0.3) is 11.1 Å². The van der Waals surface area contributed by atoms with Crippen LogP contribution in [0.1, 0.15) is 16.9 Å². The fourth-order valence-corrected chi connectivity index (χ4v) is 3.90. The molecule has 1 unspecified atom stereocenters. The Labute approximate surface area is 151 Å².